The predicted molar refractivity (Wildman–Crippen MR) is 91.8 cm³/mol. The molecule has 1 heterocycles. The van der Waals surface area contributed by atoms with Crippen molar-refractivity contribution in [2.75, 3.05) is 26.8 Å². The average molecular weight is 339 g/mol. The highest BCUT2D eigenvalue weighted by Gasteiger charge is 2.12. The van der Waals surface area contributed by atoms with Crippen LogP contribution in [0, 0.1) is 0 Å². The third-order valence-electron chi connectivity index (χ3n) is 3.59. The van der Waals surface area contributed by atoms with E-state index in [2.05, 4.69) is 5.43 Å². The highest BCUT2D eigenvalue weighted by atomic mass is 35.5. The van der Waals surface area contributed by atoms with Crippen molar-refractivity contribution in [1.82, 2.24) is 10.4 Å². The zero-order chi connectivity index (χ0) is 16.7. The Balaban J connectivity index is 2.03. The molecule has 1 fully saturated rings. The second-order valence-corrected chi connectivity index (χ2v) is 5.73. The molecule has 0 spiro atoms. The zero-order valence-corrected chi connectivity index (χ0v) is 14.4. The minimum Gasteiger partial charge on any atom is -0.493 e. The summed E-state index contributed by atoms with van der Waals surface area (Å²) in [6, 6.07) is 3.54. The summed E-state index contributed by atoms with van der Waals surface area (Å²) < 4.78 is 10.8. The maximum atomic E-state index is 12.0. The summed E-state index contributed by atoms with van der Waals surface area (Å²) in [6.07, 6.45) is 6.68. The fraction of sp³-hybridized carbons (Fsp3) is 0.471. The van der Waals surface area contributed by atoms with Crippen LogP contribution in [0.1, 0.15) is 31.7 Å². The molecular formula is C17H23ClN2O3. The Labute approximate surface area is 142 Å². The van der Waals surface area contributed by atoms with Crippen LogP contribution >= 0.6 is 11.6 Å². The summed E-state index contributed by atoms with van der Waals surface area (Å²) >= 11 is 6.22. The van der Waals surface area contributed by atoms with E-state index in [0.717, 1.165) is 31.5 Å². The smallest absolute Gasteiger partial charge is 0.258 e. The standard InChI is InChI=1S/C17H23ClN2O3/c1-3-23-17-14(18)11-13(12-15(17)22-2)7-8-16(21)19-20-9-5-4-6-10-20/h7-8,11-12H,3-6,9-10H2,1-2H3,(H,19,21)/b8-7+. The molecule has 1 N–H and O–H groups in total. The summed E-state index contributed by atoms with van der Waals surface area (Å²) in [5, 5.41) is 2.42. The number of carbonyl (C=O) groups excluding carboxylic acids is 1. The number of hydrogen-bond donors (Lipinski definition) is 1. The van der Waals surface area contributed by atoms with Gasteiger partial charge >= 0.3 is 0 Å². The van der Waals surface area contributed by atoms with E-state index < -0.39 is 0 Å². The SMILES string of the molecule is CCOc1c(Cl)cc(/C=C/C(=O)NN2CCCCC2)cc1OC. The van der Waals surface area contributed by atoms with Gasteiger partial charge < -0.3 is 9.47 Å². The summed E-state index contributed by atoms with van der Waals surface area (Å²) in [5.74, 6) is 0.929. The van der Waals surface area contributed by atoms with E-state index in [0.29, 0.717) is 23.1 Å². The van der Waals surface area contributed by atoms with Crippen LogP contribution in [0.4, 0.5) is 0 Å². The largest absolute Gasteiger partial charge is 0.493 e. The molecule has 1 aromatic rings. The molecule has 5 nitrogen and oxygen atoms in total. The molecule has 2 rings (SSSR count). The first-order chi connectivity index (χ1) is 11.1. The van der Waals surface area contributed by atoms with Crippen LogP contribution in [0.3, 0.4) is 0 Å². The molecule has 0 atom stereocenters. The number of halogens is 1. The Morgan fingerprint density at radius 2 is 2.09 bits per heavy atom. The van der Waals surface area contributed by atoms with Gasteiger partial charge in [-0.2, -0.15) is 0 Å². The van der Waals surface area contributed by atoms with Crippen molar-refractivity contribution in [2.45, 2.75) is 26.2 Å². The van der Waals surface area contributed by atoms with Gasteiger partial charge in [0.25, 0.3) is 5.91 Å². The van der Waals surface area contributed by atoms with E-state index in [1.165, 1.54) is 12.5 Å². The number of nitrogens with one attached hydrogen (secondary N) is 1. The first kappa shape index (κ1) is 17.6. The molecule has 1 aliphatic heterocycles. The number of piperidine rings is 1. The molecule has 0 bridgehead atoms. The number of methoxy groups -OCH3 is 1. The summed E-state index contributed by atoms with van der Waals surface area (Å²) in [4.78, 5) is 12.0. The van der Waals surface area contributed by atoms with Crippen LogP contribution in [0.2, 0.25) is 5.02 Å². The van der Waals surface area contributed by atoms with Gasteiger partial charge in [0.05, 0.1) is 18.7 Å². The average Bonchev–Trinajstić information content (AvgIpc) is 2.56. The van der Waals surface area contributed by atoms with E-state index in [-0.39, 0.29) is 5.91 Å². The zero-order valence-electron chi connectivity index (χ0n) is 13.6. The first-order valence-corrected chi connectivity index (χ1v) is 8.25. The molecule has 126 valence electrons. The quantitative estimate of drug-likeness (QED) is 0.809. The molecule has 6 heteroatoms. The number of benzene rings is 1. The van der Waals surface area contributed by atoms with E-state index in [1.54, 1.807) is 25.3 Å². The first-order valence-electron chi connectivity index (χ1n) is 7.88. The molecule has 0 aliphatic carbocycles. The Hall–Kier alpha value is -1.72. The molecule has 0 unspecified atom stereocenters. The molecule has 1 aromatic carbocycles. The monoisotopic (exact) mass is 338 g/mol. The highest BCUT2D eigenvalue weighted by molar-refractivity contribution is 6.32. The van der Waals surface area contributed by atoms with Gasteiger partial charge in [-0.05, 0) is 43.5 Å². The minimum absolute atomic E-state index is 0.143. The van der Waals surface area contributed by atoms with Crippen LogP contribution in [0.15, 0.2) is 18.2 Å². The Kier molecular flexibility index (Phi) is 6.74. The van der Waals surface area contributed by atoms with Crippen LogP contribution in [-0.4, -0.2) is 37.7 Å². The van der Waals surface area contributed by atoms with Gasteiger partial charge in [0.1, 0.15) is 0 Å². The van der Waals surface area contributed by atoms with E-state index in [1.807, 2.05) is 11.9 Å². The van der Waals surface area contributed by atoms with Crippen molar-refractivity contribution >= 4 is 23.6 Å². The van der Waals surface area contributed by atoms with Crippen molar-refractivity contribution in [3.8, 4) is 11.5 Å². The number of ether oxygens (including phenoxy) is 2. The van der Waals surface area contributed by atoms with Gasteiger partial charge in [0.2, 0.25) is 0 Å². The summed E-state index contributed by atoms with van der Waals surface area (Å²) in [7, 11) is 1.56. The number of amides is 1. The van der Waals surface area contributed by atoms with Crippen molar-refractivity contribution in [3.63, 3.8) is 0 Å². The Morgan fingerprint density at radius 1 is 1.35 bits per heavy atom. The fourth-order valence-electron chi connectivity index (χ4n) is 2.49. The normalized spacial score (nSPS) is 15.6. The van der Waals surface area contributed by atoms with E-state index in [4.69, 9.17) is 21.1 Å². The van der Waals surface area contributed by atoms with E-state index in [9.17, 15) is 4.79 Å². The third-order valence-corrected chi connectivity index (χ3v) is 3.87. The number of rotatable bonds is 6. The molecule has 1 saturated heterocycles. The maximum absolute atomic E-state index is 12.0. The minimum atomic E-state index is -0.143. The van der Waals surface area contributed by atoms with E-state index >= 15 is 0 Å². The number of hydrazine groups is 1. The van der Waals surface area contributed by atoms with Crippen molar-refractivity contribution in [2.24, 2.45) is 0 Å². The number of hydrogen-bond acceptors (Lipinski definition) is 4. The van der Waals surface area contributed by atoms with Crippen LogP contribution in [0.25, 0.3) is 6.08 Å². The second-order valence-electron chi connectivity index (χ2n) is 5.32. The lowest BCUT2D eigenvalue weighted by atomic mass is 10.1. The second kappa shape index (κ2) is 8.79. The lowest BCUT2D eigenvalue weighted by molar-refractivity contribution is -0.121. The summed E-state index contributed by atoms with van der Waals surface area (Å²) in [5.41, 5.74) is 3.66. The van der Waals surface area contributed by atoms with Gasteiger partial charge in [-0.3, -0.25) is 10.2 Å². The molecule has 1 aliphatic rings. The predicted octanol–water partition coefficient (Wildman–Crippen LogP) is 3.28. The number of carbonyl (C=O) groups is 1. The number of nitrogens with zero attached hydrogens (tertiary/aromatic N) is 1. The molecule has 0 aromatic heterocycles. The van der Waals surface area contributed by atoms with Gasteiger partial charge in [-0.1, -0.05) is 18.0 Å². The lowest BCUT2D eigenvalue weighted by Crippen LogP contribution is -2.44. The summed E-state index contributed by atoms with van der Waals surface area (Å²) in [6.45, 7) is 4.20. The fourth-order valence-corrected chi connectivity index (χ4v) is 2.76. The molecular weight excluding hydrogens is 316 g/mol. The van der Waals surface area contributed by atoms with Gasteiger partial charge in [0.15, 0.2) is 11.5 Å². The van der Waals surface area contributed by atoms with Gasteiger partial charge in [-0.25, -0.2) is 5.01 Å². The van der Waals surface area contributed by atoms with Crippen molar-refractivity contribution in [3.05, 3.63) is 28.8 Å². The Morgan fingerprint density at radius 3 is 2.74 bits per heavy atom. The van der Waals surface area contributed by atoms with Crippen molar-refractivity contribution < 1.29 is 14.3 Å². The Bertz CT molecular complexity index is 569. The van der Waals surface area contributed by atoms with Crippen LogP contribution < -0.4 is 14.9 Å². The maximum Gasteiger partial charge on any atom is 0.258 e. The topological polar surface area (TPSA) is 50.8 Å². The van der Waals surface area contributed by atoms with Crippen LogP contribution in [-0.2, 0) is 4.79 Å². The highest BCUT2D eigenvalue weighted by Crippen LogP contribution is 2.36. The third kappa shape index (κ3) is 5.15. The van der Waals surface area contributed by atoms with Gasteiger partial charge in [0, 0.05) is 19.2 Å². The van der Waals surface area contributed by atoms with Gasteiger partial charge in [-0.15, -0.1) is 0 Å². The molecule has 0 saturated carbocycles. The van der Waals surface area contributed by atoms with Crippen LogP contribution in [0.5, 0.6) is 11.5 Å². The molecule has 1 amide bonds. The van der Waals surface area contributed by atoms with Crippen molar-refractivity contribution in [1.29, 1.82) is 0 Å². The molecule has 23 heavy (non-hydrogen) atoms. The lowest BCUT2D eigenvalue weighted by Gasteiger charge is -2.26. The molecule has 0 radical (unpaired) electrons.